The Hall–Kier alpha value is -1.07. The molecule has 3 rings (SSSR count). The molecule has 2 fully saturated rings. The average molecular weight is 278 g/mol. The van der Waals surface area contributed by atoms with Crippen LogP contribution >= 0.6 is 0 Å². The molecule has 0 aliphatic carbocycles. The predicted molar refractivity (Wildman–Crippen MR) is 80.1 cm³/mol. The lowest BCUT2D eigenvalue weighted by atomic mass is 9.97. The highest BCUT2D eigenvalue weighted by atomic mass is 16.5. The van der Waals surface area contributed by atoms with Crippen molar-refractivity contribution >= 4 is 5.95 Å². The van der Waals surface area contributed by atoms with Gasteiger partial charge in [-0.05, 0) is 38.6 Å². The Morgan fingerprint density at radius 1 is 1.35 bits per heavy atom. The zero-order valence-corrected chi connectivity index (χ0v) is 12.4. The molecule has 5 nitrogen and oxygen atoms in total. The number of piperidine rings is 1. The van der Waals surface area contributed by atoms with Crippen molar-refractivity contribution in [1.82, 2.24) is 14.5 Å². The fourth-order valence-corrected chi connectivity index (χ4v) is 3.62. The predicted octanol–water partition coefficient (Wildman–Crippen LogP) is 2.13. The molecule has 0 aromatic carbocycles. The topological polar surface area (TPSA) is 42.3 Å². The van der Waals surface area contributed by atoms with Crippen molar-refractivity contribution in [2.45, 2.75) is 44.2 Å². The second-order valence-electron chi connectivity index (χ2n) is 5.94. The van der Waals surface area contributed by atoms with Gasteiger partial charge >= 0.3 is 0 Å². The molecule has 1 aromatic rings. The summed E-state index contributed by atoms with van der Waals surface area (Å²) in [6.07, 6.45) is 10.4. The van der Waals surface area contributed by atoms with E-state index in [1.807, 2.05) is 6.20 Å². The lowest BCUT2D eigenvalue weighted by Gasteiger charge is -2.35. The lowest BCUT2D eigenvalue weighted by Crippen LogP contribution is -2.38. The van der Waals surface area contributed by atoms with E-state index in [1.54, 1.807) is 7.11 Å². The first-order valence-electron chi connectivity index (χ1n) is 7.88. The quantitative estimate of drug-likeness (QED) is 0.810. The van der Waals surface area contributed by atoms with Gasteiger partial charge in [0.15, 0.2) is 0 Å². The third-order valence-electron chi connectivity index (χ3n) is 4.66. The highest BCUT2D eigenvalue weighted by molar-refractivity contribution is 5.26. The molecular weight excluding hydrogens is 252 g/mol. The molecule has 0 amide bonds. The van der Waals surface area contributed by atoms with Crippen molar-refractivity contribution in [2.24, 2.45) is 0 Å². The van der Waals surface area contributed by atoms with Crippen LogP contribution in [0.5, 0.6) is 0 Å². The number of hydrogen-bond acceptors (Lipinski definition) is 4. The highest BCUT2D eigenvalue weighted by Gasteiger charge is 2.32. The first-order chi connectivity index (χ1) is 9.88. The van der Waals surface area contributed by atoms with Gasteiger partial charge in [0.25, 0.3) is 0 Å². The summed E-state index contributed by atoms with van der Waals surface area (Å²) in [5.74, 6) is 1.03. The minimum Gasteiger partial charge on any atom is -0.385 e. The van der Waals surface area contributed by atoms with Crippen LogP contribution < -0.4 is 5.32 Å². The van der Waals surface area contributed by atoms with Crippen molar-refractivity contribution in [3.05, 3.63) is 12.4 Å². The summed E-state index contributed by atoms with van der Waals surface area (Å²) >= 11 is 0. The first kappa shape index (κ1) is 13.9. The fraction of sp³-hybridized carbons (Fsp3) is 0.800. The largest absolute Gasteiger partial charge is 0.385 e. The SMILES string of the molecule is COCCCNc1nccn1C1CCN2CCCC2C1. The molecule has 2 unspecified atom stereocenters. The van der Waals surface area contributed by atoms with Crippen LogP contribution in [0.4, 0.5) is 5.95 Å². The zero-order chi connectivity index (χ0) is 13.8. The Labute approximate surface area is 121 Å². The van der Waals surface area contributed by atoms with E-state index >= 15 is 0 Å². The number of nitrogens with one attached hydrogen (secondary N) is 1. The molecule has 1 aromatic heterocycles. The Morgan fingerprint density at radius 3 is 3.20 bits per heavy atom. The van der Waals surface area contributed by atoms with E-state index in [0.717, 1.165) is 31.6 Å². The van der Waals surface area contributed by atoms with Crippen molar-refractivity contribution in [2.75, 3.05) is 38.7 Å². The molecule has 0 spiro atoms. The molecular formula is C15H26N4O. The van der Waals surface area contributed by atoms with Crippen molar-refractivity contribution in [3.8, 4) is 0 Å². The third kappa shape index (κ3) is 2.99. The minimum absolute atomic E-state index is 0.613. The first-order valence-corrected chi connectivity index (χ1v) is 7.88. The molecule has 5 heteroatoms. The lowest BCUT2D eigenvalue weighted by molar-refractivity contribution is 0.156. The standard InChI is InChI=1S/C15H26N4O/c1-20-11-3-6-16-15-17-7-10-19(15)14-5-9-18-8-2-4-13(18)12-14/h7,10,13-14H,2-6,8-9,11-12H2,1H3,(H,16,17). The fourth-order valence-electron chi connectivity index (χ4n) is 3.62. The highest BCUT2D eigenvalue weighted by Crippen LogP contribution is 2.34. The van der Waals surface area contributed by atoms with Gasteiger partial charge in [-0.25, -0.2) is 4.98 Å². The molecule has 0 radical (unpaired) electrons. The maximum atomic E-state index is 5.08. The normalized spacial score (nSPS) is 26.6. The molecule has 0 saturated carbocycles. The molecule has 2 atom stereocenters. The van der Waals surface area contributed by atoms with Crippen LogP contribution in [0.1, 0.15) is 38.1 Å². The second kappa shape index (κ2) is 6.59. The van der Waals surface area contributed by atoms with Gasteiger partial charge in [0.1, 0.15) is 0 Å². The van der Waals surface area contributed by atoms with Crippen LogP contribution in [0, 0.1) is 0 Å². The number of nitrogens with zero attached hydrogens (tertiary/aromatic N) is 3. The average Bonchev–Trinajstić information content (AvgIpc) is 3.11. The van der Waals surface area contributed by atoms with Crippen molar-refractivity contribution < 1.29 is 4.74 Å². The summed E-state index contributed by atoms with van der Waals surface area (Å²) in [6, 6.07) is 1.42. The van der Waals surface area contributed by atoms with Gasteiger partial charge < -0.3 is 19.5 Å². The summed E-state index contributed by atoms with van der Waals surface area (Å²) in [6.45, 7) is 4.28. The van der Waals surface area contributed by atoms with E-state index in [0.29, 0.717) is 6.04 Å². The number of hydrogen-bond donors (Lipinski definition) is 1. The van der Waals surface area contributed by atoms with Crippen LogP contribution in [-0.4, -0.2) is 53.8 Å². The van der Waals surface area contributed by atoms with E-state index in [9.17, 15) is 0 Å². The number of methoxy groups -OCH3 is 1. The Kier molecular flexibility index (Phi) is 4.58. The van der Waals surface area contributed by atoms with Crippen LogP contribution in [0.15, 0.2) is 12.4 Å². The number of anilines is 1. The molecule has 2 saturated heterocycles. The van der Waals surface area contributed by atoms with Crippen molar-refractivity contribution in [1.29, 1.82) is 0 Å². The van der Waals surface area contributed by atoms with Gasteiger partial charge in [0.05, 0.1) is 0 Å². The maximum absolute atomic E-state index is 5.08. The Balaban J connectivity index is 1.58. The smallest absolute Gasteiger partial charge is 0.203 e. The van der Waals surface area contributed by atoms with E-state index in [4.69, 9.17) is 4.74 Å². The van der Waals surface area contributed by atoms with Crippen LogP contribution in [-0.2, 0) is 4.74 Å². The van der Waals surface area contributed by atoms with Gasteiger partial charge in [-0.3, -0.25) is 0 Å². The van der Waals surface area contributed by atoms with Crippen LogP contribution in [0.2, 0.25) is 0 Å². The monoisotopic (exact) mass is 278 g/mol. The van der Waals surface area contributed by atoms with Crippen LogP contribution in [0.25, 0.3) is 0 Å². The summed E-state index contributed by atoms with van der Waals surface area (Å²) in [7, 11) is 1.75. The number of rotatable bonds is 6. The molecule has 20 heavy (non-hydrogen) atoms. The molecule has 112 valence electrons. The Morgan fingerprint density at radius 2 is 2.30 bits per heavy atom. The molecule has 3 heterocycles. The minimum atomic E-state index is 0.613. The summed E-state index contributed by atoms with van der Waals surface area (Å²) in [5, 5.41) is 3.44. The van der Waals surface area contributed by atoms with E-state index in [2.05, 4.69) is 26.0 Å². The molecule has 0 bridgehead atoms. The van der Waals surface area contributed by atoms with E-state index in [-0.39, 0.29) is 0 Å². The molecule has 1 N–H and O–H groups in total. The van der Waals surface area contributed by atoms with Gasteiger partial charge in [0.2, 0.25) is 5.95 Å². The third-order valence-corrected chi connectivity index (χ3v) is 4.66. The van der Waals surface area contributed by atoms with Crippen LogP contribution in [0.3, 0.4) is 0 Å². The van der Waals surface area contributed by atoms with Crippen molar-refractivity contribution in [3.63, 3.8) is 0 Å². The van der Waals surface area contributed by atoms with Gasteiger partial charge in [0, 0.05) is 51.3 Å². The Bertz CT molecular complexity index is 420. The number of fused-ring (bicyclic) bond motifs is 1. The van der Waals surface area contributed by atoms with E-state index < -0.39 is 0 Å². The summed E-state index contributed by atoms with van der Waals surface area (Å²) < 4.78 is 7.43. The van der Waals surface area contributed by atoms with Gasteiger partial charge in [-0.15, -0.1) is 0 Å². The van der Waals surface area contributed by atoms with E-state index in [1.165, 1.54) is 38.8 Å². The number of ether oxygens (including phenoxy) is 1. The molecule has 2 aliphatic rings. The molecule has 2 aliphatic heterocycles. The van der Waals surface area contributed by atoms with Gasteiger partial charge in [-0.2, -0.15) is 0 Å². The maximum Gasteiger partial charge on any atom is 0.203 e. The second-order valence-corrected chi connectivity index (χ2v) is 5.94. The summed E-state index contributed by atoms with van der Waals surface area (Å²) in [4.78, 5) is 7.14. The number of imidazole rings is 1. The zero-order valence-electron chi connectivity index (χ0n) is 12.4. The number of aromatic nitrogens is 2. The van der Waals surface area contributed by atoms with Gasteiger partial charge in [-0.1, -0.05) is 0 Å². The summed E-state index contributed by atoms with van der Waals surface area (Å²) in [5.41, 5.74) is 0.